The van der Waals surface area contributed by atoms with Crippen LogP contribution < -0.4 is 30.2 Å². The van der Waals surface area contributed by atoms with E-state index in [0.29, 0.717) is 28.5 Å². The van der Waals surface area contributed by atoms with Crippen molar-refractivity contribution in [1.29, 1.82) is 0 Å². The van der Waals surface area contributed by atoms with E-state index in [0.717, 1.165) is 18.2 Å². The lowest BCUT2D eigenvalue weighted by atomic mass is 10.1. The fourth-order valence-electron chi connectivity index (χ4n) is 3.16. The highest BCUT2D eigenvalue weighted by molar-refractivity contribution is 6.00. The Hall–Kier alpha value is -4.41. The first-order valence-electron chi connectivity index (χ1n) is 9.89. The van der Waals surface area contributed by atoms with Gasteiger partial charge in [0.25, 0.3) is 5.91 Å². The van der Waals surface area contributed by atoms with Crippen LogP contribution in [0.5, 0.6) is 23.0 Å². The predicted octanol–water partition coefficient (Wildman–Crippen LogP) is 5.23. The number of carbonyl (C=O) groups excluding carboxylic acids is 2. The molecule has 0 fully saturated rings. The van der Waals surface area contributed by atoms with Gasteiger partial charge in [0.2, 0.25) is 0 Å². The number of methoxy groups -OCH3 is 1. The summed E-state index contributed by atoms with van der Waals surface area (Å²) in [6, 6.07) is 13.1. The molecule has 3 aromatic rings. The first-order valence-corrected chi connectivity index (χ1v) is 9.89. The van der Waals surface area contributed by atoms with E-state index in [4.69, 9.17) is 14.2 Å². The fraction of sp³-hybridized carbons (Fsp3) is 0.130. The second kappa shape index (κ2) is 9.22. The van der Waals surface area contributed by atoms with Crippen molar-refractivity contribution in [3.8, 4) is 23.0 Å². The smallest absolute Gasteiger partial charge is 0.416 e. The van der Waals surface area contributed by atoms with E-state index >= 15 is 0 Å². The molecular weight excluding hydrogens is 455 g/mol. The fourth-order valence-corrected chi connectivity index (χ4v) is 3.16. The van der Waals surface area contributed by atoms with Crippen LogP contribution in [-0.4, -0.2) is 25.8 Å². The van der Waals surface area contributed by atoms with E-state index in [1.807, 2.05) is 0 Å². The standard InChI is InChI=1S/C23H18F3N3O5/c1-32-19-9-2-13(23(24,25)26)10-18(19)29-22(31)28-14-3-5-15(6-4-14)34-16-7-8-17-20(11-16)33-12-27-21(17)30/h2-11H,12H2,1H3,(H,27,30)(H2,28,29,31). The Morgan fingerprint density at radius 1 is 1.00 bits per heavy atom. The van der Waals surface area contributed by atoms with Crippen LogP contribution in [0.2, 0.25) is 0 Å². The summed E-state index contributed by atoms with van der Waals surface area (Å²) in [5.41, 5.74) is -0.265. The van der Waals surface area contributed by atoms with Gasteiger partial charge in [-0.1, -0.05) is 0 Å². The summed E-state index contributed by atoms with van der Waals surface area (Å²) in [5, 5.41) is 7.45. The van der Waals surface area contributed by atoms with Crippen LogP contribution in [0.1, 0.15) is 15.9 Å². The summed E-state index contributed by atoms with van der Waals surface area (Å²) in [7, 11) is 1.29. The molecule has 0 aromatic heterocycles. The zero-order chi connectivity index (χ0) is 24.3. The van der Waals surface area contributed by atoms with Crippen molar-refractivity contribution in [2.24, 2.45) is 0 Å². The molecule has 0 aliphatic carbocycles. The number of urea groups is 1. The molecule has 176 valence electrons. The molecule has 8 nitrogen and oxygen atoms in total. The minimum atomic E-state index is -4.56. The number of halogens is 3. The number of nitrogens with one attached hydrogen (secondary N) is 3. The number of benzene rings is 3. The van der Waals surface area contributed by atoms with Gasteiger partial charge >= 0.3 is 12.2 Å². The lowest BCUT2D eigenvalue weighted by Crippen LogP contribution is -2.32. The van der Waals surface area contributed by atoms with Crippen molar-refractivity contribution in [1.82, 2.24) is 5.32 Å². The molecule has 1 aliphatic heterocycles. The van der Waals surface area contributed by atoms with Gasteiger partial charge in [0, 0.05) is 11.8 Å². The number of amides is 3. The highest BCUT2D eigenvalue weighted by Crippen LogP contribution is 2.35. The van der Waals surface area contributed by atoms with Gasteiger partial charge < -0.3 is 30.2 Å². The van der Waals surface area contributed by atoms with Gasteiger partial charge in [-0.25, -0.2) is 4.79 Å². The van der Waals surface area contributed by atoms with Crippen molar-refractivity contribution in [2.45, 2.75) is 6.18 Å². The Morgan fingerprint density at radius 2 is 1.74 bits per heavy atom. The molecule has 3 aromatic carbocycles. The van der Waals surface area contributed by atoms with Gasteiger partial charge in [-0.2, -0.15) is 13.2 Å². The summed E-state index contributed by atoms with van der Waals surface area (Å²) < 4.78 is 55.1. The Balaban J connectivity index is 1.40. The molecule has 0 radical (unpaired) electrons. The molecule has 1 aliphatic rings. The highest BCUT2D eigenvalue weighted by Gasteiger charge is 2.31. The summed E-state index contributed by atoms with van der Waals surface area (Å²) >= 11 is 0. The van der Waals surface area contributed by atoms with E-state index in [2.05, 4.69) is 16.0 Å². The van der Waals surface area contributed by atoms with Crippen LogP contribution in [0.4, 0.5) is 29.3 Å². The van der Waals surface area contributed by atoms with Crippen LogP contribution in [0.3, 0.4) is 0 Å². The second-order valence-electron chi connectivity index (χ2n) is 7.07. The predicted molar refractivity (Wildman–Crippen MR) is 117 cm³/mol. The average Bonchev–Trinajstić information content (AvgIpc) is 2.80. The number of carbonyl (C=O) groups is 2. The van der Waals surface area contributed by atoms with E-state index in [9.17, 15) is 22.8 Å². The third-order valence-electron chi connectivity index (χ3n) is 4.78. The summed E-state index contributed by atoms with van der Waals surface area (Å²) in [6.45, 7) is 0.0735. The van der Waals surface area contributed by atoms with Crippen LogP contribution in [0, 0.1) is 0 Å². The van der Waals surface area contributed by atoms with Gasteiger partial charge in [0.1, 0.15) is 23.0 Å². The molecular formula is C23H18F3N3O5. The number of ether oxygens (including phenoxy) is 3. The van der Waals surface area contributed by atoms with Crippen molar-refractivity contribution >= 4 is 23.3 Å². The minimum Gasteiger partial charge on any atom is -0.495 e. The van der Waals surface area contributed by atoms with E-state index < -0.39 is 17.8 Å². The molecule has 0 unspecified atom stereocenters. The lowest BCUT2D eigenvalue weighted by Gasteiger charge is -2.18. The highest BCUT2D eigenvalue weighted by atomic mass is 19.4. The molecule has 0 atom stereocenters. The Kier molecular flexibility index (Phi) is 6.17. The van der Waals surface area contributed by atoms with Gasteiger partial charge in [-0.3, -0.25) is 4.79 Å². The quantitative estimate of drug-likeness (QED) is 0.472. The Bertz CT molecular complexity index is 1230. The molecule has 11 heteroatoms. The lowest BCUT2D eigenvalue weighted by molar-refractivity contribution is -0.137. The topological polar surface area (TPSA) is 97.9 Å². The van der Waals surface area contributed by atoms with Gasteiger partial charge in [-0.05, 0) is 54.6 Å². The van der Waals surface area contributed by atoms with E-state index in [1.165, 1.54) is 7.11 Å². The number of rotatable bonds is 5. The Labute approximate surface area is 191 Å². The number of hydrogen-bond donors (Lipinski definition) is 3. The second-order valence-corrected chi connectivity index (χ2v) is 7.07. The molecule has 34 heavy (non-hydrogen) atoms. The summed E-state index contributed by atoms with van der Waals surface area (Å²) in [5.74, 6) is 1.15. The maximum absolute atomic E-state index is 13.0. The minimum absolute atomic E-state index is 0.0735. The van der Waals surface area contributed by atoms with E-state index in [-0.39, 0.29) is 24.1 Å². The van der Waals surface area contributed by atoms with Gasteiger partial charge in [-0.15, -0.1) is 0 Å². The molecule has 1 heterocycles. The zero-order valence-electron chi connectivity index (χ0n) is 17.7. The summed E-state index contributed by atoms with van der Waals surface area (Å²) in [6.07, 6.45) is -4.56. The average molecular weight is 473 g/mol. The van der Waals surface area contributed by atoms with E-state index in [1.54, 1.807) is 42.5 Å². The third-order valence-corrected chi connectivity index (χ3v) is 4.78. The molecule has 3 N–H and O–H groups in total. The molecule has 4 rings (SSSR count). The van der Waals surface area contributed by atoms with Crippen LogP contribution >= 0.6 is 0 Å². The van der Waals surface area contributed by atoms with Crippen molar-refractivity contribution in [2.75, 3.05) is 24.5 Å². The van der Waals surface area contributed by atoms with Crippen LogP contribution in [-0.2, 0) is 6.18 Å². The molecule has 0 spiro atoms. The van der Waals surface area contributed by atoms with Crippen LogP contribution in [0.25, 0.3) is 0 Å². The van der Waals surface area contributed by atoms with Gasteiger partial charge in [0.15, 0.2) is 6.73 Å². The first-order chi connectivity index (χ1) is 16.2. The molecule has 0 saturated heterocycles. The van der Waals surface area contributed by atoms with Crippen molar-refractivity contribution in [3.05, 3.63) is 71.8 Å². The largest absolute Gasteiger partial charge is 0.495 e. The maximum Gasteiger partial charge on any atom is 0.416 e. The number of hydrogen-bond acceptors (Lipinski definition) is 5. The van der Waals surface area contributed by atoms with Crippen LogP contribution in [0.15, 0.2) is 60.7 Å². The van der Waals surface area contributed by atoms with Gasteiger partial charge in [0.05, 0.1) is 23.9 Å². The monoisotopic (exact) mass is 473 g/mol. The molecule has 0 bridgehead atoms. The molecule has 0 saturated carbocycles. The normalized spacial score (nSPS) is 12.6. The molecule has 3 amide bonds. The van der Waals surface area contributed by atoms with Crippen molar-refractivity contribution in [3.63, 3.8) is 0 Å². The third kappa shape index (κ3) is 5.14. The number of fused-ring (bicyclic) bond motifs is 1. The number of anilines is 2. The maximum atomic E-state index is 13.0. The summed E-state index contributed by atoms with van der Waals surface area (Å²) in [4.78, 5) is 24.1. The number of alkyl halides is 3. The zero-order valence-corrected chi connectivity index (χ0v) is 17.7. The first kappa shape index (κ1) is 22.8. The Morgan fingerprint density at radius 3 is 2.44 bits per heavy atom. The SMILES string of the molecule is COc1ccc(C(F)(F)F)cc1NC(=O)Nc1ccc(Oc2ccc3c(c2)OCNC3=O)cc1. The van der Waals surface area contributed by atoms with Crippen molar-refractivity contribution < 1.29 is 37.0 Å².